The Kier molecular flexibility index (Phi) is 5.73. The molecule has 1 aliphatic rings. The highest BCUT2D eigenvalue weighted by atomic mass is 79.9. The Morgan fingerprint density at radius 1 is 1.28 bits per heavy atom. The predicted molar refractivity (Wildman–Crippen MR) is 112 cm³/mol. The van der Waals surface area contributed by atoms with E-state index >= 15 is 0 Å². The smallest absolute Gasteiger partial charge is 0.255 e. The van der Waals surface area contributed by atoms with E-state index in [-0.39, 0.29) is 17.2 Å². The second kappa shape index (κ2) is 8.42. The number of rotatable bonds is 3. The van der Waals surface area contributed by atoms with Gasteiger partial charge in [-0.25, -0.2) is 9.37 Å². The Balaban J connectivity index is 1.73. The molecular weight excluding hydrogens is 439 g/mol. The zero-order valence-electron chi connectivity index (χ0n) is 15.9. The molecule has 3 heterocycles. The van der Waals surface area contributed by atoms with Crippen LogP contribution in [0, 0.1) is 5.82 Å². The van der Waals surface area contributed by atoms with Crippen molar-refractivity contribution < 1.29 is 9.13 Å². The van der Waals surface area contributed by atoms with Gasteiger partial charge < -0.3 is 9.64 Å². The first-order valence-electron chi connectivity index (χ1n) is 9.33. The molecule has 3 aromatic rings. The van der Waals surface area contributed by atoms with Gasteiger partial charge in [0.25, 0.3) is 5.56 Å². The SMILES string of the molecule is Cn1c(N2CCCO[C@H](c3cccc(Br)c3)C2)nc(-c2ccncc2F)cc1=O. The first-order valence-corrected chi connectivity index (χ1v) is 10.1. The van der Waals surface area contributed by atoms with E-state index in [1.165, 1.54) is 22.9 Å². The van der Waals surface area contributed by atoms with Crippen LogP contribution in [0.25, 0.3) is 11.3 Å². The van der Waals surface area contributed by atoms with Crippen LogP contribution in [0.4, 0.5) is 10.3 Å². The summed E-state index contributed by atoms with van der Waals surface area (Å²) < 4.78 is 22.7. The monoisotopic (exact) mass is 458 g/mol. The van der Waals surface area contributed by atoms with Gasteiger partial charge in [-0.3, -0.25) is 14.3 Å². The molecule has 0 saturated carbocycles. The minimum atomic E-state index is -0.509. The fourth-order valence-corrected chi connectivity index (χ4v) is 3.86. The van der Waals surface area contributed by atoms with E-state index in [9.17, 15) is 9.18 Å². The van der Waals surface area contributed by atoms with Crippen LogP contribution in [0.15, 0.2) is 58.1 Å². The molecule has 150 valence electrons. The molecule has 1 atom stereocenters. The Bertz CT molecular complexity index is 1090. The van der Waals surface area contributed by atoms with E-state index in [1.54, 1.807) is 7.05 Å². The van der Waals surface area contributed by atoms with Crippen molar-refractivity contribution in [1.82, 2.24) is 14.5 Å². The largest absolute Gasteiger partial charge is 0.372 e. The average Bonchev–Trinajstić information content (AvgIpc) is 2.97. The van der Waals surface area contributed by atoms with Gasteiger partial charge in [0.1, 0.15) is 6.10 Å². The molecule has 1 saturated heterocycles. The Morgan fingerprint density at radius 3 is 2.93 bits per heavy atom. The van der Waals surface area contributed by atoms with E-state index < -0.39 is 5.82 Å². The van der Waals surface area contributed by atoms with Gasteiger partial charge in [-0.05, 0) is 30.2 Å². The van der Waals surface area contributed by atoms with E-state index in [0.29, 0.717) is 31.3 Å². The summed E-state index contributed by atoms with van der Waals surface area (Å²) >= 11 is 3.50. The molecule has 1 aliphatic heterocycles. The summed E-state index contributed by atoms with van der Waals surface area (Å²) in [5, 5.41) is 0. The Hall–Kier alpha value is -2.58. The van der Waals surface area contributed by atoms with Crippen molar-refractivity contribution in [2.45, 2.75) is 12.5 Å². The molecule has 0 bridgehead atoms. The fourth-order valence-electron chi connectivity index (χ4n) is 3.45. The van der Waals surface area contributed by atoms with Crippen molar-refractivity contribution in [3.05, 3.63) is 75.0 Å². The normalized spacial score (nSPS) is 17.2. The molecule has 0 spiro atoms. The highest BCUT2D eigenvalue weighted by molar-refractivity contribution is 9.10. The molecule has 0 amide bonds. The lowest BCUT2D eigenvalue weighted by atomic mass is 10.1. The molecular formula is C21H20BrFN4O2. The summed E-state index contributed by atoms with van der Waals surface area (Å²) in [6, 6.07) is 10.9. The standard InChI is InChI=1S/C21H20BrFN4O2/c1-26-20(28)11-18(16-6-7-24-12-17(16)23)25-21(26)27-8-3-9-29-19(13-27)14-4-2-5-15(22)10-14/h2,4-7,10-12,19H,3,8-9,13H2,1H3/t19-/m0/s1. The molecule has 1 aromatic carbocycles. The Labute approximate surface area is 176 Å². The fraction of sp³-hybridized carbons (Fsp3) is 0.286. The van der Waals surface area contributed by atoms with Crippen LogP contribution in [-0.4, -0.2) is 34.2 Å². The lowest BCUT2D eigenvalue weighted by Gasteiger charge is -2.27. The second-order valence-electron chi connectivity index (χ2n) is 6.91. The maximum Gasteiger partial charge on any atom is 0.255 e. The third-order valence-electron chi connectivity index (χ3n) is 4.94. The van der Waals surface area contributed by atoms with Crippen molar-refractivity contribution in [2.75, 3.05) is 24.6 Å². The second-order valence-corrected chi connectivity index (χ2v) is 7.82. The minimum absolute atomic E-state index is 0.159. The molecule has 2 aromatic heterocycles. The Morgan fingerprint density at radius 2 is 2.14 bits per heavy atom. The minimum Gasteiger partial charge on any atom is -0.372 e. The van der Waals surface area contributed by atoms with Gasteiger partial charge in [-0.2, -0.15) is 0 Å². The molecule has 0 aliphatic carbocycles. The molecule has 0 radical (unpaired) electrons. The maximum atomic E-state index is 14.2. The first kappa shape index (κ1) is 19.7. The maximum absolute atomic E-state index is 14.2. The molecule has 1 fully saturated rings. The molecule has 0 N–H and O–H groups in total. The first-order chi connectivity index (χ1) is 14.0. The van der Waals surface area contributed by atoms with Crippen LogP contribution < -0.4 is 10.5 Å². The van der Waals surface area contributed by atoms with Gasteiger partial charge in [-0.15, -0.1) is 0 Å². The number of benzene rings is 1. The molecule has 4 rings (SSSR count). The lowest BCUT2D eigenvalue weighted by molar-refractivity contribution is 0.0685. The van der Waals surface area contributed by atoms with E-state index in [1.807, 2.05) is 29.2 Å². The number of hydrogen-bond donors (Lipinski definition) is 0. The lowest BCUT2D eigenvalue weighted by Crippen LogP contribution is -2.34. The molecule has 8 heteroatoms. The summed E-state index contributed by atoms with van der Waals surface area (Å²) in [6.45, 7) is 1.84. The van der Waals surface area contributed by atoms with E-state index in [2.05, 4.69) is 25.9 Å². The van der Waals surface area contributed by atoms with Crippen LogP contribution in [0.1, 0.15) is 18.1 Å². The highest BCUT2D eigenvalue weighted by Crippen LogP contribution is 2.27. The summed E-state index contributed by atoms with van der Waals surface area (Å²) in [4.78, 5) is 23.0. The van der Waals surface area contributed by atoms with Gasteiger partial charge in [0.15, 0.2) is 5.82 Å². The van der Waals surface area contributed by atoms with Crippen LogP contribution in [-0.2, 0) is 11.8 Å². The summed E-state index contributed by atoms with van der Waals surface area (Å²) in [6.07, 6.45) is 3.25. The number of aromatic nitrogens is 3. The van der Waals surface area contributed by atoms with Crippen molar-refractivity contribution in [3.8, 4) is 11.3 Å². The number of pyridine rings is 1. The van der Waals surface area contributed by atoms with Gasteiger partial charge in [0.05, 0.1) is 18.4 Å². The quantitative estimate of drug-likeness (QED) is 0.598. The zero-order chi connectivity index (χ0) is 20.4. The molecule has 0 unspecified atom stereocenters. The van der Waals surface area contributed by atoms with Crippen molar-refractivity contribution in [3.63, 3.8) is 0 Å². The summed E-state index contributed by atoms with van der Waals surface area (Å²) in [5.41, 5.74) is 1.36. The average molecular weight is 459 g/mol. The molecule has 29 heavy (non-hydrogen) atoms. The van der Waals surface area contributed by atoms with Crippen molar-refractivity contribution >= 4 is 21.9 Å². The zero-order valence-corrected chi connectivity index (χ0v) is 17.5. The van der Waals surface area contributed by atoms with Crippen LogP contribution in [0.2, 0.25) is 0 Å². The van der Waals surface area contributed by atoms with Crippen LogP contribution in [0.3, 0.4) is 0 Å². The van der Waals surface area contributed by atoms with Gasteiger partial charge in [0.2, 0.25) is 5.95 Å². The number of nitrogens with zero attached hydrogens (tertiary/aromatic N) is 4. The van der Waals surface area contributed by atoms with Crippen LogP contribution in [0.5, 0.6) is 0 Å². The number of ether oxygens (including phenoxy) is 1. The van der Waals surface area contributed by atoms with Crippen molar-refractivity contribution in [1.29, 1.82) is 0 Å². The number of anilines is 1. The van der Waals surface area contributed by atoms with E-state index in [0.717, 1.165) is 22.7 Å². The van der Waals surface area contributed by atoms with Crippen LogP contribution >= 0.6 is 15.9 Å². The topological polar surface area (TPSA) is 60.2 Å². The summed E-state index contributed by atoms with van der Waals surface area (Å²) in [7, 11) is 1.68. The van der Waals surface area contributed by atoms with Gasteiger partial charge in [0, 0.05) is 42.5 Å². The molecule has 6 nitrogen and oxygen atoms in total. The van der Waals surface area contributed by atoms with Crippen molar-refractivity contribution in [2.24, 2.45) is 7.05 Å². The third-order valence-corrected chi connectivity index (χ3v) is 5.43. The third kappa shape index (κ3) is 4.23. The van der Waals surface area contributed by atoms with Gasteiger partial charge >= 0.3 is 0 Å². The summed E-state index contributed by atoms with van der Waals surface area (Å²) in [5.74, 6) is -0.0142. The van der Waals surface area contributed by atoms with Gasteiger partial charge in [-0.1, -0.05) is 28.1 Å². The predicted octanol–water partition coefficient (Wildman–Crippen LogP) is 3.71. The number of hydrogen-bond acceptors (Lipinski definition) is 5. The number of halogens is 2. The highest BCUT2D eigenvalue weighted by Gasteiger charge is 2.24. The van der Waals surface area contributed by atoms with E-state index in [4.69, 9.17) is 4.74 Å².